The molecule has 2 aromatic rings. The zero-order chi connectivity index (χ0) is 14.4. The van der Waals surface area contributed by atoms with E-state index in [1.54, 1.807) is 13.1 Å². The maximum atomic E-state index is 11.8. The predicted molar refractivity (Wildman–Crippen MR) is 78.7 cm³/mol. The fourth-order valence-corrected chi connectivity index (χ4v) is 2.08. The molecule has 0 aliphatic rings. The minimum atomic E-state index is -0.442. The highest BCUT2D eigenvalue weighted by Gasteiger charge is 2.12. The molecule has 0 bridgehead atoms. The first-order valence-electron chi connectivity index (χ1n) is 7.06. The molecule has 0 saturated carbocycles. The van der Waals surface area contributed by atoms with E-state index in [1.807, 2.05) is 18.2 Å². The van der Waals surface area contributed by atoms with E-state index in [4.69, 9.17) is 4.74 Å². The Morgan fingerprint density at radius 3 is 2.60 bits per heavy atom. The van der Waals surface area contributed by atoms with Crippen LogP contribution in [0.1, 0.15) is 32.3 Å². The summed E-state index contributed by atoms with van der Waals surface area (Å²) in [6, 6.07) is 10.1. The largest absolute Gasteiger partial charge is 0.448 e. The van der Waals surface area contributed by atoms with Crippen LogP contribution in [-0.4, -0.2) is 22.5 Å². The monoisotopic (exact) mass is 272 g/mol. The number of hydrogen-bond donors (Lipinski definition) is 0. The zero-order valence-corrected chi connectivity index (χ0v) is 12.0. The minimum absolute atomic E-state index is 0.341. The van der Waals surface area contributed by atoms with Crippen molar-refractivity contribution in [1.29, 1.82) is 0 Å². The minimum Gasteiger partial charge on any atom is -0.448 e. The van der Waals surface area contributed by atoms with Crippen molar-refractivity contribution in [2.45, 2.75) is 33.1 Å². The van der Waals surface area contributed by atoms with Crippen LogP contribution < -0.4 is 0 Å². The fourth-order valence-electron chi connectivity index (χ4n) is 2.08. The number of carbonyl (C=O) groups excluding carboxylic acids is 1. The topological polar surface area (TPSA) is 44.1 Å². The molecule has 0 spiro atoms. The highest BCUT2D eigenvalue weighted by atomic mass is 16.5. The maximum Gasteiger partial charge on any atom is 0.435 e. The van der Waals surface area contributed by atoms with Gasteiger partial charge in [0.2, 0.25) is 0 Å². The average Bonchev–Trinajstić information content (AvgIpc) is 2.95. The Labute approximate surface area is 119 Å². The van der Waals surface area contributed by atoms with Crippen LogP contribution in [0.3, 0.4) is 0 Å². The highest BCUT2D eigenvalue weighted by molar-refractivity contribution is 5.77. The molecule has 0 unspecified atom stereocenters. The van der Waals surface area contributed by atoms with Gasteiger partial charge in [-0.2, -0.15) is 9.78 Å². The lowest BCUT2D eigenvalue weighted by Crippen LogP contribution is -2.15. The molecule has 4 nitrogen and oxygen atoms in total. The zero-order valence-electron chi connectivity index (χ0n) is 12.0. The van der Waals surface area contributed by atoms with Crippen molar-refractivity contribution in [3.63, 3.8) is 0 Å². The van der Waals surface area contributed by atoms with Crippen LogP contribution in [0.2, 0.25) is 0 Å². The van der Waals surface area contributed by atoms with Gasteiger partial charge < -0.3 is 4.74 Å². The van der Waals surface area contributed by atoms with E-state index in [1.165, 1.54) is 23.1 Å². The Hall–Kier alpha value is -2.10. The van der Waals surface area contributed by atoms with Crippen LogP contribution in [0, 0.1) is 0 Å². The van der Waals surface area contributed by atoms with E-state index in [0.29, 0.717) is 6.61 Å². The third-order valence-corrected chi connectivity index (χ3v) is 3.15. The van der Waals surface area contributed by atoms with Crippen molar-refractivity contribution in [3.05, 3.63) is 42.1 Å². The van der Waals surface area contributed by atoms with Gasteiger partial charge in [0.15, 0.2) is 0 Å². The smallest absolute Gasteiger partial charge is 0.435 e. The lowest BCUT2D eigenvalue weighted by molar-refractivity contribution is 0.151. The van der Waals surface area contributed by atoms with Gasteiger partial charge in [-0.15, -0.1) is 0 Å². The SMILES string of the molecule is CCCCc1ccc(-c2ccnn2C(=O)OCC)cc1. The van der Waals surface area contributed by atoms with Gasteiger partial charge in [-0.1, -0.05) is 37.6 Å². The van der Waals surface area contributed by atoms with E-state index in [0.717, 1.165) is 17.7 Å². The average molecular weight is 272 g/mol. The second-order valence-corrected chi connectivity index (χ2v) is 4.63. The first-order valence-corrected chi connectivity index (χ1v) is 7.06. The van der Waals surface area contributed by atoms with Crippen LogP contribution in [0.4, 0.5) is 4.79 Å². The first-order chi connectivity index (χ1) is 9.76. The molecule has 0 aliphatic carbocycles. The molecule has 0 aliphatic heterocycles. The summed E-state index contributed by atoms with van der Waals surface area (Å²) < 4.78 is 6.28. The summed E-state index contributed by atoms with van der Waals surface area (Å²) >= 11 is 0. The second-order valence-electron chi connectivity index (χ2n) is 4.63. The Balaban J connectivity index is 2.19. The number of aromatic nitrogens is 2. The molecule has 1 aromatic carbocycles. The molecule has 0 radical (unpaired) electrons. The summed E-state index contributed by atoms with van der Waals surface area (Å²) in [5, 5.41) is 4.03. The molecular formula is C16H20N2O2. The third-order valence-electron chi connectivity index (χ3n) is 3.15. The molecule has 1 heterocycles. The Morgan fingerprint density at radius 1 is 1.20 bits per heavy atom. The normalized spacial score (nSPS) is 10.5. The molecule has 1 aromatic heterocycles. The van der Waals surface area contributed by atoms with Gasteiger partial charge in [0.05, 0.1) is 18.5 Å². The lowest BCUT2D eigenvalue weighted by atomic mass is 10.0. The molecule has 106 valence electrons. The summed E-state index contributed by atoms with van der Waals surface area (Å²) in [7, 11) is 0. The number of unbranched alkanes of at least 4 members (excludes halogenated alkanes) is 1. The van der Waals surface area contributed by atoms with Gasteiger partial charge in [0, 0.05) is 5.56 Å². The van der Waals surface area contributed by atoms with Crippen molar-refractivity contribution in [2.75, 3.05) is 6.61 Å². The van der Waals surface area contributed by atoms with Crippen LogP contribution in [0.25, 0.3) is 11.3 Å². The van der Waals surface area contributed by atoms with Gasteiger partial charge in [-0.05, 0) is 31.4 Å². The Bertz CT molecular complexity index is 558. The molecule has 0 saturated heterocycles. The molecule has 0 amide bonds. The van der Waals surface area contributed by atoms with Crippen LogP contribution >= 0.6 is 0 Å². The predicted octanol–water partition coefficient (Wildman–Crippen LogP) is 3.90. The number of nitrogens with zero attached hydrogens (tertiary/aromatic N) is 2. The van der Waals surface area contributed by atoms with E-state index < -0.39 is 6.09 Å². The summed E-state index contributed by atoms with van der Waals surface area (Å²) in [5.41, 5.74) is 3.04. The summed E-state index contributed by atoms with van der Waals surface area (Å²) in [6.07, 6.45) is 4.64. The fraction of sp³-hybridized carbons (Fsp3) is 0.375. The van der Waals surface area contributed by atoms with Crippen molar-refractivity contribution in [2.24, 2.45) is 0 Å². The Morgan fingerprint density at radius 2 is 1.95 bits per heavy atom. The number of rotatable bonds is 5. The van der Waals surface area contributed by atoms with E-state index >= 15 is 0 Å². The van der Waals surface area contributed by atoms with E-state index in [-0.39, 0.29) is 0 Å². The second kappa shape index (κ2) is 6.89. The lowest BCUT2D eigenvalue weighted by Gasteiger charge is -2.07. The number of carbonyl (C=O) groups is 1. The molecule has 2 rings (SSSR count). The Kier molecular flexibility index (Phi) is 4.93. The first kappa shape index (κ1) is 14.3. The highest BCUT2D eigenvalue weighted by Crippen LogP contribution is 2.20. The van der Waals surface area contributed by atoms with Crippen LogP contribution in [0.5, 0.6) is 0 Å². The maximum absolute atomic E-state index is 11.8. The standard InChI is InChI=1S/C16H20N2O2/c1-3-5-6-13-7-9-14(10-8-13)15-11-12-17-18(15)16(19)20-4-2/h7-12H,3-6H2,1-2H3. The quantitative estimate of drug-likeness (QED) is 0.829. The third kappa shape index (κ3) is 3.26. The molecule has 0 atom stereocenters. The number of hydrogen-bond acceptors (Lipinski definition) is 3. The molecule has 4 heteroatoms. The number of benzene rings is 1. The van der Waals surface area contributed by atoms with Crippen LogP contribution in [-0.2, 0) is 11.2 Å². The summed E-state index contributed by atoms with van der Waals surface area (Å²) in [4.78, 5) is 11.8. The van der Waals surface area contributed by atoms with Gasteiger partial charge in [-0.25, -0.2) is 4.79 Å². The molecule has 0 fully saturated rings. The van der Waals surface area contributed by atoms with Gasteiger partial charge in [0.1, 0.15) is 0 Å². The number of aryl methyl sites for hydroxylation is 1. The van der Waals surface area contributed by atoms with E-state index in [2.05, 4.69) is 24.2 Å². The van der Waals surface area contributed by atoms with Gasteiger partial charge >= 0.3 is 6.09 Å². The molecule has 0 N–H and O–H groups in total. The number of ether oxygens (including phenoxy) is 1. The summed E-state index contributed by atoms with van der Waals surface area (Å²) in [5.74, 6) is 0. The van der Waals surface area contributed by atoms with E-state index in [9.17, 15) is 4.79 Å². The van der Waals surface area contributed by atoms with Crippen molar-refractivity contribution < 1.29 is 9.53 Å². The molecular weight excluding hydrogens is 252 g/mol. The molecule has 20 heavy (non-hydrogen) atoms. The van der Waals surface area contributed by atoms with Crippen LogP contribution in [0.15, 0.2) is 36.5 Å². The van der Waals surface area contributed by atoms with Crippen molar-refractivity contribution >= 4 is 6.09 Å². The summed E-state index contributed by atoms with van der Waals surface area (Å²) in [6.45, 7) is 4.31. The van der Waals surface area contributed by atoms with Gasteiger partial charge in [-0.3, -0.25) is 0 Å². The van der Waals surface area contributed by atoms with Crippen molar-refractivity contribution in [1.82, 2.24) is 9.78 Å². The van der Waals surface area contributed by atoms with Crippen molar-refractivity contribution in [3.8, 4) is 11.3 Å². The van der Waals surface area contributed by atoms with Gasteiger partial charge in [0.25, 0.3) is 0 Å².